The molecule has 3 aromatic carbocycles. The molecule has 1 heteroatoms. The van der Waals surface area contributed by atoms with E-state index in [-0.39, 0.29) is 0 Å². The second-order valence-corrected chi connectivity index (χ2v) is 5.62. The molecular formula is C25H34N+. The SMILES string of the molecule is CC.CC.c1ccc(CC[NH+](Cc2ccccc2)c2ccccc2)cc1. The van der Waals surface area contributed by atoms with E-state index in [4.69, 9.17) is 0 Å². The predicted molar refractivity (Wildman–Crippen MR) is 115 cm³/mol. The number of hydrogen-bond acceptors (Lipinski definition) is 0. The van der Waals surface area contributed by atoms with Crippen molar-refractivity contribution in [1.29, 1.82) is 0 Å². The Morgan fingerprint density at radius 2 is 0.962 bits per heavy atom. The molecule has 1 nitrogen and oxygen atoms in total. The van der Waals surface area contributed by atoms with Crippen molar-refractivity contribution >= 4 is 5.69 Å². The van der Waals surface area contributed by atoms with Crippen LogP contribution in [0.25, 0.3) is 0 Å². The van der Waals surface area contributed by atoms with Gasteiger partial charge >= 0.3 is 0 Å². The lowest BCUT2D eigenvalue weighted by Crippen LogP contribution is -3.06. The quantitative estimate of drug-likeness (QED) is 0.583. The summed E-state index contributed by atoms with van der Waals surface area (Å²) < 4.78 is 0. The molecule has 0 aliphatic rings. The molecule has 0 heterocycles. The maximum Gasteiger partial charge on any atom is 0.131 e. The van der Waals surface area contributed by atoms with Crippen LogP contribution in [0.3, 0.4) is 0 Å². The van der Waals surface area contributed by atoms with E-state index in [1.165, 1.54) is 21.7 Å². The monoisotopic (exact) mass is 348 g/mol. The minimum absolute atomic E-state index is 1.03. The number of para-hydroxylation sites is 1. The fourth-order valence-electron chi connectivity index (χ4n) is 2.79. The summed E-state index contributed by atoms with van der Waals surface area (Å²) in [5.41, 5.74) is 4.15. The molecule has 26 heavy (non-hydrogen) atoms. The maximum atomic E-state index is 2.23. The van der Waals surface area contributed by atoms with Crippen LogP contribution in [0.2, 0.25) is 0 Å². The molecule has 1 N–H and O–H groups in total. The van der Waals surface area contributed by atoms with Crippen LogP contribution in [0, 0.1) is 0 Å². The average Bonchev–Trinajstić information content (AvgIpc) is 2.76. The van der Waals surface area contributed by atoms with Crippen molar-refractivity contribution in [3.63, 3.8) is 0 Å². The fourth-order valence-corrected chi connectivity index (χ4v) is 2.79. The van der Waals surface area contributed by atoms with E-state index in [1.807, 2.05) is 27.7 Å². The lowest BCUT2D eigenvalue weighted by atomic mass is 10.1. The van der Waals surface area contributed by atoms with E-state index in [9.17, 15) is 0 Å². The Morgan fingerprint density at radius 3 is 1.46 bits per heavy atom. The third kappa shape index (κ3) is 7.67. The first-order valence-electron chi connectivity index (χ1n) is 9.90. The second-order valence-electron chi connectivity index (χ2n) is 5.62. The van der Waals surface area contributed by atoms with Gasteiger partial charge in [-0.1, -0.05) is 107 Å². The smallest absolute Gasteiger partial charge is 0.131 e. The number of hydrogen-bond donors (Lipinski definition) is 1. The highest BCUT2D eigenvalue weighted by molar-refractivity contribution is 5.28. The van der Waals surface area contributed by atoms with Crippen molar-refractivity contribution in [2.45, 2.75) is 40.7 Å². The molecule has 0 aromatic heterocycles. The van der Waals surface area contributed by atoms with Gasteiger partial charge in [0.1, 0.15) is 12.2 Å². The zero-order valence-electron chi connectivity index (χ0n) is 16.8. The highest BCUT2D eigenvalue weighted by atomic mass is 15.1. The topological polar surface area (TPSA) is 4.44 Å². The van der Waals surface area contributed by atoms with Crippen molar-refractivity contribution in [2.75, 3.05) is 6.54 Å². The first-order valence-corrected chi connectivity index (χ1v) is 9.90. The molecule has 138 valence electrons. The predicted octanol–water partition coefficient (Wildman–Crippen LogP) is 5.70. The van der Waals surface area contributed by atoms with Gasteiger partial charge in [-0.15, -0.1) is 0 Å². The van der Waals surface area contributed by atoms with E-state index in [1.54, 1.807) is 0 Å². The molecule has 0 saturated carbocycles. The molecule has 1 unspecified atom stereocenters. The minimum Gasteiger partial charge on any atom is -0.298 e. The Bertz CT molecular complexity index is 662. The summed E-state index contributed by atoms with van der Waals surface area (Å²) in [6, 6.07) is 32.3. The van der Waals surface area contributed by atoms with E-state index in [0.29, 0.717) is 0 Å². The Morgan fingerprint density at radius 1 is 0.538 bits per heavy atom. The summed E-state index contributed by atoms with van der Waals surface area (Å²) in [7, 11) is 0. The van der Waals surface area contributed by atoms with Crippen molar-refractivity contribution in [1.82, 2.24) is 0 Å². The molecule has 3 rings (SSSR count). The zero-order valence-corrected chi connectivity index (χ0v) is 16.8. The molecule has 0 spiro atoms. The van der Waals surface area contributed by atoms with Crippen LogP contribution in [-0.2, 0) is 13.0 Å². The van der Waals surface area contributed by atoms with Gasteiger partial charge in [-0.3, -0.25) is 4.90 Å². The van der Waals surface area contributed by atoms with Crippen LogP contribution < -0.4 is 4.90 Å². The molecule has 0 aliphatic carbocycles. The Kier molecular flexibility index (Phi) is 11.5. The van der Waals surface area contributed by atoms with Crippen LogP contribution in [0.15, 0.2) is 91.0 Å². The normalized spacial score (nSPS) is 10.6. The van der Waals surface area contributed by atoms with Gasteiger partial charge in [0.25, 0.3) is 0 Å². The maximum absolute atomic E-state index is 2.23. The minimum atomic E-state index is 1.03. The van der Waals surface area contributed by atoms with Crippen molar-refractivity contribution < 1.29 is 4.90 Å². The summed E-state index contributed by atoms with van der Waals surface area (Å²) >= 11 is 0. The average molecular weight is 349 g/mol. The number of nitrogens with one attached hydrogen (secondary N) is 1. The van der Waals surface area contributed by atoms with Gasteiger partial charge in [0.2, 0.25) is 0 Å². The summed E-state index contributed by atoms with van der Waals surface area (Å²) in [6.07, 6.45) is 1.10. The molecule has 1 atom stereocenters. The second kappa shape index (κ2) is 13.9. The molecule has 0 aliphatic heterocycles. The number of quaternary nitrogens is 1. The lowest BCUT2D eigenvalue weighted by molar-refractivity contribution is -0.847. The summed E-state index contributed by atoms with van der Waals surface area (Å²) in [4.78, 5) is 1.51. The highest BCUT2D eigenvalue weighted by Crippen LogP contribution is 2.04. The van der Waals surface area contributed by atoms with E-state index in [0.717, 1.165) is 19.5 Å². The van der Waals surface area contributed by atoms with Gasteiger partial charge in [0.05, 0.1) is 6.54 Å². The van der Waals surface area contributed by atoms with Gasteiger partial charge in [0, 0.05) is 12.0 Å². The molecule has 0 bridgehead atoms. The molecule has 0 radical (unpaired) electrons. The van der Waals surface area contributed by atoms with Gasteiger partial charge in [0.15, 0.2) is 0 Å². The first-order chi connectivity index (χ1) is 12.9. The molecule has 0 saturated heterocycles. The lowest BCUT2D eigenvalue weighted by Gasteiger charge is -2.19. The van der Waals surface area contributed by atoms with Crippen LogP contribution in [0.1, 0.15) is 38.8 Å². The van der Waals surface area contributed by atoms with Crippen molar-refractivity contribution in [3.8, 4) is 0 Å². The molecule has 0 fully saturated rings. The Labute approximate surface area is 160 Å². The standard InChI is InChI=1S/C21H21N.2C2H6/c1-4-10-19(11-5-1)16-17-22(21-14-8-3-9-15-21)18-20-12-6-2-7-13-20;2*1-2/h1-15H,16-18H2;2*1-2H3/p+1. The zero-order chi connectivity index (χ0) is 19.0. The first kappa shape index (κ1) is 21.7. The van der Waals surface area contributed by atoms with Crippen LogP contribution in [0.4, 0.5) is 5.69 Å². The fraction of sp³-hybridized carbons (Fsp3) is 0.280. The molecule has 0 amide bonds. The van der Waals surface area contributed by atoms with E-state index >= 15 is 0 Å². The Balaban J connectivity index is 0.000000791. The number of benzene rings is 3. The van der Waals surface area contributed by atoms with Gasteiger partial charge in [-0.25, -0.2) is 0 Å². The Hall–Kier alpha value is -2.38. The van der Waals surface area contributed by atoms with Crippen molar-refractivity contribution in [2.24, 2.45) is 0 Å². The molecular weight excluding hydrogens is 314 g/mol. The molecule has 3 aromatic rings. The summed E-state index contributed by atoms with van der Waals surface area (Å²) in [5, 5.41) is 0. The summed E-state index contributed by atoms with van der Waals surface area (Å²) in [5.74, 6) is 0. The van der Waals surface area contributed by atoms with Gasteiger partial charge < -0.3 is 0 Å². The largest absolute Gasteiger partial charge is 0.298 e. The third-order valence-corrected chi connectivity index (χ3v) is 4.00. The highest BCUT2D eigenvalue weighted by Gasteiger charge is 2.12. The van der Waals surface area contributed by atoms with Crippen molar-refractivity contribution in [3.05, 3.63) is 102 Å². The van der Waals surface area contributed by atoms with Crippen LogP contribution >= 0.6 is 0 Å². The summed E-state index contributed by atoms with van der Waals surface area (Å²) in [6.45, 7) is 10.1. The van der Waals surface area contributed by atoms with Crippen LogP contribution in [-0.4, -0.2) is 6.54 Å². The number of rotatable bonds is 6. The van der Waals surface area contributed by atoms with E-state index < -0.39 is 0 Å². The van der Waals surface area contributed by atoms with Gasteiger partial charge in [-0.2, -0.15) is 0 Å². The van der Waals surface area contributed by atoms with Crippen LogP contribution in [0.5, 0.6) is 0 Å². The van der Waals surface area contributed by atoms with E-state index in [2.05, 4.69) is 91.0 Å². The third-order valence-electron chi connectivity index (χ3n) is 4.00. The van der Waals surface area contributed by atoms with Gasteiger partial charge in [-0.05, 0) is 17.7 Å².